The van der Waals surface area contributed by atoms with Crippen LogP contribution in [0.4, 0.5) is 0 Å². The highest BCUT2D eigenvalue weighted by Gasteiger charge is 2.20. The van der Waals surface area contributed by atoms with Crippen molar-refractivity contribution in [1.29, 1.82) is 0 Å². The normalized spacial score (nSPS) is 11.2. The van der Waals surface area contributed by atoms with Crippen molar-refractivity contribution in [2.75, 3.05) is 27.4 Å². The molecule has 0 unspecified atom stereocenters. The summed E-state index contributed by atoms with van der Waals surface area (Å²) in [6.07, 6.45) is 0. The lowest BCUT2D eigenvalue weighted by Crippen LogP contribution is -2.46. The summed E-state index contributed by atoms with van der Waals surface area (Å²) >= 11 is 0. The van der Waals surface area contributed by atoms with E-state index in [1.54, 1.807) is 19.1 Å². The highest BCUT2D eigenvalue weighted by atomic mass is 16.5. The van der Waals surface area contributed by atoms with Crippen LogP contribution in [0.15, 0.2) is 18.2 Å². The summed E-state index contributed by atoms with van der Waals surface area (Å²) in [5.74, 6) is -1.02. The third-order valence-corrected chi connectivity index (χ3v) is 3.08. The van der Waals surface area contributed by atoms with E-state index in [0.717, 1.165) is 0 Å². The number of ether oxygens (including phenoxy) is 3. The summed E-state index contributed by atoms with van der Waals surface area (Å²) in [5, 5.41) is 5.02. The predicted molar refractivity (Wildman–Crippen MR) is 86.1 cm³/mol. The number of carbonyl (C=O) groups is 3. The van der Waals surface area contributed by atoms with Gasteiger partial charge in [-0.2, -0.15) is 0 Å². The summed E-state index contributed by atoms with van der Waals surface area (Å²) in [7, 11) is 2.85. The summed E-state index contributed by atoms with van der Waals surface area (Å²) in [6.45, 7) is 3.26. The van der Waals surface area contributed by atoms with E-state index in [1.165, 1.54) is 27.2 Å². The van der Waals surface area contributed by atoms with Gasteiger partial charge in [0.25, 0.3) is 5.91 Å². The van der Waals surface area contributed by atoms with Gasteiger partial charge in [0.2, 0.25) is 5.91 Å². The molecule has 0 bridgehead atoms. The molecule has 0 aromatic heterocycles. The number of esters is 1. The molecule has 132 valence electrons. The first-order valence-corrected chi connectivity index (χ1v) is 7.39. The topological polar surface area (TPSA) is 103 Å². The van der Waals surface area contributed by atoms with Crippen LogP contribution in [0.2, 0.25) is 0 Å². The number of hydrogen-bond donors (Lipinski definition) is 2. The molecule has 24 heavy (non-hydrogen) atoms. The second-order valence-corrected chi connectivity index (χ2v) is 4.80. The van der Waals surface area contributed by atoms with Gasteiger partial charge in [0.1, 0.15) is 11.6 Å². The molecule has 0 aliphatic carbocycles. The van der Waals surface area contributed by atoms with Crippen LogP contribution in [0, 0.1) is 0 Å². The van der Waals surface area contributed by atoms with Crippen molar-refractivity contribution < 1.29 is 28.6 Å². The number of benzene rings is 1. The molecule has 0 aliphatic heterocycles. The molecule has 1 atom stereocenters. The Bertz CT molecular complexity index is 602. The van der Waals surface area contributed by atoms with E-state index in [-0.39, 0.29) is 17.2 Å². The fraction of sp³-hybridized carbons (Fsp3) is 0.438. The van der Waals surface area contributed by atoms with Gasteiger partial charge in [-0.05, 0) is 26.0 Å². The lowest BCUT2D eigenvalue weighted by Gasteiger charge is -2.14. The monoisotopic (exact) mass is 338 g/mol. The maximum absolute atomic E-state index is 12.1. The molecule has 8 heteroatoms. The molecule has 0 saturated heterocycles. The van der Waals surface area contributed by atoms with Crippen molar-refractivity contribution in [1.82, 2.24) is 10.6 Å². The number of carbonyl (C=O) groups excluding carboxylic acids is 3. The molecule has 1 aromatic carbocycles. The maximum Gasteiger partial charge on any atom is 0.342 e. The van der Waals surface area contributed by atoms with E-state index >= 15 is 0 Å². The molecular weight excluding hydrogens is 316 g/mol. The van der Waals surface area contributed by atoms with Crippen LogP contribution in [0.5, 0.6) is 11.5 Å². The maximum atomic E-state index is 12.1. The Morgan fingerprint density at radius 2 is 1.88 bits per heavy atom. The minimum Gasteiger partial charge on any atom is -0.493 e. The molecule has 0 aliphatic rings. The highest BCUT2D eigenvalue weighted by Crippen LogP contribution is 2.30. The average molecular weight is 338 g/mol. The molecule has 0 radical (unpaired) electrons. The van der Waals surface area contributed by atoms with Crippen molar-refractivity contribution in [2.45, 2.75) is 19.9 Å². The Morgan fingerprint density at radius 1 is 1.17 bits per heavy atom. The zero-order valence-corrected chi connectivity index (χ0v) is 14.2. The SMILES string of the molecule is CCNC(=O)[C@@H](C)NC(=O)COC(=O)c1cccc(OC)c1OC. The first kappa shape index (κ1) is 19.3. The zero-order chi connectivity index (χ0) is 18.1. The second kappa shape index (κ2) is 9.39. The van der Waals surface area contributed by atoms with Crippen LogP contribution in [0.1, 0.15) is 24.2 Å². The largest absolute Gasteiger partial charge is 0.493 e. The molecule has 2 amide bonds. The summed E-state index contributed by atoms with van der Waals surface area (Å²) in [6, 6.07) is 4.02. The molecule has 0 saturated carbocycles. The predicted octanol–water partition coefficient (Wildman–Crippen LogP) is 0.501. The Labute approximate surface area is 140 Å². The van der Waals surface area contributed by atoms with E-state index in [1.807, 2.05) is 0 Å². The average Bonchev–Trinajstić information content (AvgIpc) is 2.58. The second-order valence-electron chi connectivity index (χ2n) is 4.80. The first-order chi connectivity index (χ1) is 11.4. The van der Waals surface area contributed by atoms with Crippen molar-refractivity contribution >= 4 is 17.8 Å². The Balaban J connectivity index is 2.63. The number of amides is 2. The molecule has 1 aromatic rings. The minimum absolute atomic E-state index is 0.140. The molecule has 0 fully saturated rings. The number of rotatable bonds is 8. The Morgan fingerprint density at radius 3 is 2.46 bits per heavy atom. The van der Waals surface area contributed by atoms with Gasteiger partial charge in [-0.3, -0.25) is 9.59 Å². The van der Waals surface area contributed by atoms with Crippen LogP contribution in [0.25, 0.3) is 0 Å². The molecule has 0 heterocycles. The molecular formula is C16H22N2O6. The Kier molecular flexibility index (Phi) is 7.54. The van der Waals surface area contributed by atoms with Crippen molar-refractivity contribution in [3.8, 4) is 11.5 Å². The summed E-state index contributed by atoms with van der Waals surface area (Å²) < 4.78 is 15.2. The van der Waals surface area contributed by atoms with Gasteiger partial charge in [0, 0.05) is 6.54 Å². The lowest BCUT2D eigenvalue weighted by atomic mass is 10.2. The van der Waals surface area contributed by atoms with Gasteiger partial charge in [-0.1, -0.05) is 6.07 Å². The highest BCUT2D eigenvalue weighted by molar-refractivity contribution is 5.95. The van der Waals surface area contributed by atoms with Gasteiger partial charge in [-0.25, -0.2) is 4.79 Å². The van der Waals surface area contributed by atoms with E-state index in [0.29, 0.717) is 12.3 Å². The van der Waals surface area contributed by atoms with Crippen molar-refractivity contribution in [2.24, 2.45) is 0 Å². The van der Waals surface area contributed by atoms with E-state index in [9.17, 15) is 14.4 Å². The number of likely N-dealkylation sites (N-methyl/N-ethyl adjacent to an activating group) is 1. The standard InChI is InChI=1S/C16H22N2O6/c1-5-17-15(20)10(2)18-13(19)9-24-16(21)11-7-6-8-12(22-3)14(11)23-4/h6-8,10H,5,9H2,1-4H3,(H,17,20)(H,18,19)/t10-/m1/s1. The fourth-order valence-electron chi connectivity index (χ4n) is 1.93. The van der Waals surface area contributed by atoms with Crippen molar-refractivity contribution in [3.05, 3.63) is 23.8 Å². The van der Waals surface area contributed by atoms with Gasteiger partial charge < -0.3 is 24.8 Å². The molecule has 0 spiro atoms. The number of methoxy groups -OCH3 is 2. The molecule has 1 rings (SSSR count). The van der Waals surface area contributed by atoms with Gasteiger partial charge >= 0.3 is 5.97 Å². The Hall–Kier alpha value is -2.77. The van der Waals surface area contributed by atoms with Gasteiger partial charge in [-0.15, -0.1) is 0 Å². The number of nitrogens with one attached hydrogen (secondary N) is 2. The lowest BCUT2D eigenvalue weighted by molar-refractivity contribution is -0.130. The summed E-state index contributed by atoms with van der Waals surface area (Å²) in [4.78, 5) is 35.4. The van der Waals surface area contributed by atoms with Crippen LogP contribution < -0.4 is 20.1 Å². The van der Waals surface area contributed by atoms with Gasteiger partial charge in [0.15, 0.2) is 18.1 Å². The van der Waals surface area contributed by atoms with Crippen molar-refractivity contribution in [3.63, 3.8) is 0 Å². The summed E-state index contributed by atoms with van der Waals surface area (Å²) in [5.41, 5.74) is 0.140. The van der Waals surface area contributed by atoms with Crippen LogP contribution in [-0.4, -0.2) is 51.2 Å². The van der Waals surface area contributed by atoms with Crippen LogP contribution >= 0.6 is 0 Å². The minimum atomic E-state index is -0.730. The fourth-order valence-corrected chi connectivity index (χ4v) is 1.93. The van der Waals surface area contributed by atoms with Crippen LogP contribution in [0.3, 0.4) is 0 Å². The molecule has 8 nitrogen and oxygen atoms in total. The molecule has 2 N–H and O–H groups in total. The van der Waals surface area contributed by atoms with Gasteiger partial charge in [0.05, 0.1) is 14.2 Å². The van der Waals surface area contributed by atoms with Crippen LogP contribution in [-0.2, 0) is 14.3 Å². The van der Waals surface area contributed by atoms with E-state index < -0.39 is 24.5 Å². The smallest absolute Gasteiger partial charge is 0.342 e. The number of para-hydroxylation sites is 1. The third kappa shape index (κ3) is 5.15. The number of hydrogen-bond acceptors (Lipinski definition) is 6. The van der Waals surface area contributed by atoms with E-state index in [2.05, 4.69) is 10.6 Å². The third-order valence-electron chi connectivity index (χ3n) is 3.08. The quantitative estimate of drug-likeness (QED) is 0.669. The zero-order valence-electron chi connectivity index (χ0n) is 14.2. The van der Waals surface area contributed by atoms with E-state index in [4.69, 9.17) is 14.2 Å². The first-order valence-electron chi connectivity index (χ1n) is 7.39.